The number of sulfonamides is 1. The van der Waals surface area contributed by atoms with Crippen molar-refractivity contribution in [3.63, 3.8) is 0 Å². The lowest BCUT2D eigenvalue weighted by atomic mass is 9.93. The molecule has 0 bridgehead atoms. The summed E-state index contributed by atoms with van der Waals surface area (Å²) in [6.45, 7) is 6.17. The minimum Gasteiger partial charge on any atom is -0.505 e. The Morgan fingerprint density at radius 1 is 1.11 bits per heavy atom. The van der Waals surface area contributed by atoms with Gasteiger partial charge in [0.2, 0.25) is 21.8 Å². The largest absolute Gasteiger partial charge is 0.505 e. The molecule has 57 heavy (non-hydrogen) atoms. The van der Waals surface area contributed by atoms with E-state index in [1.54, 1.807) is 10.3 Å². The smallest absolute Gasteiger partial charge is 0.407 e. The van der Waals surface area contributed by atoms with Crippen LogP contribution < -0.4 is 15.4 Å². The van der Waals surface area contributed by atoms with Gasteiger partial charge in [-0.05, 0) is 62.1 Å². The summed E-state index contributed by atoms with van der Waals surface area (Å²) in [6.07, 6.45) is 7.13. The van der Waals surface area contributed by atoms with Crippen LogP contribution in [0.3, 0.4) is 0 Å². The van der Waals surface area contributed by atoms with Gasteiger partial charge in [0.1, 0.15) is 28.3 Å². The Morgan fingerprint density at radius 3 is 2.60 bits per heavy atom. The summed E-state index contributed by atoms with van der Waals surface area (Å²) in [4.78, 5) is 77.3. The average molecular weight is 829 g/mol. The van der Waals surface area contributed by atoms with E-state index in [2.05, 4.69) is 20.3 Å². The number of nitrogens with one attached hydrogen (secondary N) is 3. The number of aromatic nitrogens is 1. The number of amides is 5. The molecule has 4 heterocycles. The average Bonchev–Trinajstić information content (AvgIpc) is 3.97. The van der Waals surface area contributed by atoms with Crippen LogP contribution in [-0.2, 0) is 29.1 Å². The lowest BCUT2D eigenvalue weighted by Gasteiger charge is -2.33. The number of rotatable bonds is 7. The number of carbonyl (C=O) groups is 5. The summed E-state index contributed by atoms with van der Waals surface area (Å²) in [5.74, 6) is -5.14. The van der Waals surface area contributed by atoms with Crippen molar-refractivity contribution in [2.45, 2.75) is 95.0 Å². The first-order chi connectivity index (χ1) is 27.0. The molecule has 0 spiro atoms. The van der Waals surface area contributed by atoms with Crippen LogP contribution in [0.4, 0.5) is 9.18 Å². The minimum atomic E-state index is -3.94. The van der Waals surface area contributed by atoms with E-state index in [0.717, 1.165) is 30.2 Å². The SMILES string of the molecule is CC(C)(C)COC(=O)N[C@H]1CCCCC/C=C\[C@H]2C[C@@]2(C(=O)NS(=O)(=O)C2CC2)NC(=O)[C@@H]2[C@H]3CN(C(=O)c4csc(-c5ccc(O)c(F)c5)n4)C[C@H]3CN2C1=O. The Morgan fingerprint density at radius 2 is 1.88 bits per heavy atom. The van der Waals surface area contributed by atoms with Crippen LogP contribution in [-0.4, -0.2) is 107 Å². The zero-order valence-corrected chi connectivity index (χ0v) is 33.8. The molecule has 2 saturated carbocycles. The van der Waals surface area contributed by atoms with E-state index >= 15 is 0 Å². The number of likely N-dealkylation sites (tertiary alicyclic amines) is 1. The Balaban J connectivity index is 1.16. The summed E-state index contributed by atoms with van der Waals surface area (Å²) in [7, 11) is -3.94. The lowest BCUT2D eigenvalue weighted by molar-refractivity contribution is -0.142. The third kappa shape index (κ3) is 8.81. The van der Waals surface area contributed by atoms with E-state index in [9.17, 15) is 41.9 Å². The highest BCUT2D eigenvalue weighted by Gasteiger charge is 2.63. The van der Waals surface area contributed by atoms with Crippen molar-refractivity contribution in [1.29, 1.82) is 0 Å². The van der Waals surface area contributed by atoms with Gasteiger partial charge in [0.15, 0.2) is 11.6 Å². The summed E-state index contributed by atoms with van der Waals surface area (Å²) in [5, 5.41) is 16.5. The number of hydrogen-bond acceptors (Lipinski definition) is 11. The molecular weight excluding hydrogens is 780 g/mol. The fourth-order valence-corrected chi connectivity index (χ4v) is 10.2. The third-order valence-electron chi connectivity index (χ3n) is 11.3. The van der Waals surface area contributed by atoms with Crippen molar-refractivity contribution in [2.75, 3.05) is 26.2 Å². The molecule has 2 aromatic rings. The van der Waals surface area contributed by atoms with Gasteiger partial charge in [-0.3, -0.25) is 23.9 Å². The van der Waals surface area contributed by atoms with E-state index in [0.29, 0.717) is 42.7 Å². The van der Waals surface area contributed by atoms with Gasteiger partial charge in [0.05, 0.1) is 11.9 Å². The van der Waals surface area contributed by atoms with Crippen LogP contribution >= 0.6 is 11.3 Å². The van der Waals surface area contributed by atoms with Crippen LogP contribution in [0, 0.1) is 29.0 Å². The van der Waals surface area contributed by atoms with Crippen LogP contribution in [0.5, 0.6) is 5.75 Å². The number of thiazole rings is 1. The van der Waals surface area contributed by atoms with E-state index in [1.165, 1.54) is 17.0 Å². The number of ether oxygens (including phenoxy) is 1. The number of nitrogens with zero attached hydrogens (tertiary/aromatic N) is 3. The van der Waals surface area contributed by atoms with Gasteiger partial charge >= 0.3 is 6.09 Å². The van der Waals surface area contributed by atoms with Crippen molar-refractivity contribution < 1.29 is 46.6 Å². The fourth-order valence-electron chi connectivity index (χ4n) is 8.01. The van der Waals surface area contributed by atoms with Gasteiger partial charge in [-0.2, -0.15) is 0 Å². The van der Waals surface area contributed by atoms with Crippen LogP contribution in [0.15, 0.2) is 35.7 Å². The number of benzene rings is 1. The normalized spacial score (nSPS) is 28.5. The summed E-state index contributed by atoms with van der Waals surface area (Å²) >= 11 is 1.13. The number of alkyl carbamates (subject to hydrolysis) is 1. The molecule has 7 rings (SSSR count). The first-order valence-electron chi connectivity index (χ1n) is 19.5. The molecule has 2 aliphatic carbocycles. The van der Waals surface area contributed by atoms with Gasteiger partial charge in [-0.1, -0.05) is 45.8 Å². The molecule has 0 unspecified atom stereocenters. The molecule has 6 atom stereocenters. The van der Waals surface area contributed by atoms with E-state index < -0.39 is 86.0 Å². The maximum atomic E-state index is 14.6. The van der Waals surface area contributed by atoms with E-state index in [-0.39, 0.29) is 49.7 Å². The zero-order valence-electron chi connectivity index (χ0n) is 32.2. The number of halogens is 1. The van der Waals surface area contributed by atoms with E-state index in [1.807, 2.05) is 32.9 Å². The molecular formula is C39H49FN6O9S2. The molecule has 5 aliphatic rings. The molecule has 1 aromatic carbocycles. The standard InChI is InChI=1S/C39H49FN6O9S2/c1-38(2,3)21-55-37(52)42-28-10-8-6-4-5-7-9-24-16-39(24,36(51)44-57(53,54)25-12-13-25)43-32(48)31-26-19-45(17-23(26)18-46(31)35(28)50)34(49)29-20-56-33(41-29)22-11-14-30(47)27(40)15-22/h7,9,11,14-15,20,23-26,28,31,47H,4-6,8,10,12-13,16-19,21H2,1-3H3,(H,42,52)(H,43,48)(H,44,51)/b9-7-/t23-,24-,26-,28-,31-,39+/m0/s1. The van der Waals surface area contributed by atoms with Crippen LogP contribution in [0.1, 0.15) is 82.6 Å². The maximum Gasteiger partial charge on any atom is 0.407 e. The number of phenolic OH excluding ortho intramolecular Hbond substituents is 1. The fraction of sp³-hybridized carbons (Fsp3) is 0.590. The molecule has 4 fully saturated rings. The topological polar surface area (TPSA) is 204 Å². The second kappa shape index (κ2) is 15.6. The molecule has 0 radical (unpaired) electrons. The summed E-state index contributed by atoms with van der Waals surface area (Å²) in [6, 6.07) is 1.64. The lowest BCUT2D eigenvalue weighted by Crippen LogP contribution is -2.60. The number of fused-ring (bicyclic) bond motifs is 4. The van der Waals surface area contributed by atoms with Gasteiger partial charge in [-0.15, -0.1) is 11.3 Å². The molecule has 5 amide bonds. The zero-order chi connectivity index (χ0) is 40.9. The summed E-state index contributed by atoms with van der Waals surface area (Å²) in [5.41, 5.74) is -1.38. The molecule has 4 N–H and O–H groups in total. The highest BCUT2D eigenvalue weighted by atomic mass is 32.2. The number of aromatic hydroxyl groups is 1. The van der Waals surface area contributed by atoms with Crippen molar-refractivity contribution in [3.8, 4) is 16.3 Å². The quantitative estimate of drug-likeness (QED) is 0.298. The second-order valence-electron chi connectivity index (χ2n) is 17.1. The van der Waals surface area contributed by atoms with Crippen LogP contribution in [0.25, 0.3) is 10.6 Å². The monoisotopic (exact) mass is 828 g/mol. The van der Waals surface area contributed by atoms with E-state index in [4.69, 9.17) is 4.74 Å². The van der Waals surface area contributed by atoms with Crippen molar-refractivity contribution in [3.05, 3.63) is 47.2 Å². The van der Waals surface area contributed by atoms with Crippen molar-refractivity contribution in [2.24, 2.45) is 23.2 Å². The minimum absolute atomic E-state index is 0.0658. The number of phenols is 1. The second-order valence-corrected chi connectivity index (χ2v) is 19.9. The van der Waals surface area contributed by atoms with Gasteiger partial charge < -0.3 is 30.3 Å². The number of hydrogen-bond donors (Lipinski definition) is 4. The van der Waals surface area contributed by atoms with Crippen LogP contribution in [0.2, 0.25) is 0 Å². The first-order valence-corrected chi connectivity index (χ1v) is 21.9. The molecule has 18 heteroatoms. The third-order valence-corrected chi connectivity index (χ3v) is 14.1. The summed E-state index contributed by atoms with van der Waals surface area (Å²) < 4.78 is 47.5. The predicted molar refractivity (Wildman–Crippen MR) is 207 cm³/mol. The molecule has 3 aliphatic heterocycles. The van der Waals surface area contributed by atoms with Gasteiger partial charge in [0, 0.05) is 48.3 Å². The Hall–Kier alpha value is -4.58. The van der Waals surface area contributed by atoms with Crippen molar-refractivity contribution >= 4 is 51.1 Å². The number of allylic oxidation sites excluding steroid dienone is 1. The maximum absolute atomic E-state index is 14.6. The molecule has 2 saturated heterocycles. The Kier molecular flexibility index (Phi) is 11.1. The predicted octanol–water partition coefficient (Wildman–Crippen LogP) is 3.70. The number of carbonyl (C=O) groups excluding carboxylic acids is 5. The first kappa shape index (κ1) is 40.6. The molecule has 1 aromatic heterocycles. The van der Waals surface area contributed by atoms with Gasteiger partial charge in [-0.25, -0.2) is 22.6 Å². The Labute approximate surface area is 334 Å². The Bertz CT molecular complexity index is 2080. The molecule has 15 nitrogen and oxygen atoms in total. The highest BCUT2D eigenvalue weighted by molar-refractivity contribution is 7.91. The van der Waals surface area contributed by atoms with Gasteiger partial charge in [0.25, 0.3) is 11.8 Å². The molecule has 308 valence electrons. The highest BCUT2D eigenvalue weighted by Crippen LogP contribution is 2.47. The van der Waals surface area contributed by atoms with Crippen molar-refractivity contribution in [1.82, 2.24) is 30.1 Å².